The second kappa shape index (κ2) is 7.69. The number of nitrogens with two attached hydrogens (primary N) is 1. The van der Waals surface area contributed by atoms with Crippen molar-refractivity contribution in [2.75, 3.05) is 0 Å². The van der Waals surface area contributed by atoms with E-state index in [2.05, 4.69) is 40.4 Å². The van der Waals surface area contributed by atoms with E-state index in [9.17, 15) is 4.39 Å². The average Bonchev–Trinajstić information content (AvgIpc) is 2.50. The van der Waals surface area contributed by atoms with Crippen LogP contribution in [-0.4, -0.2) is 6.04 Å². The van der Waals surface area contributed by atoms with Crippen LogP contribution < -0.4 is 11.3 Å². The lowest BCUT2D eigenvalue weighted by Crippen LogP contribution is -2.41. The monoisotopic (exact) mass is 350 g/mol. The Morgan fingerprint density at radius 3 is 2.48 bits per heavy atom. The molecule has 0 bridgehead atoms. The molecule has 0 aliphatic rings. The third-order valence-corrected chi connectivity index (χ3v) is 4.32. The van der Waals surface area contributed by atoms with Gasteiger partial charge in [0.25, 0.3) is 0 Å². The van der Waals surface area contributed by atoms with Crippen molar-refractivity contribution >= 4 is 15.9 Å². The van der Waals surface area contributed by atoms with Crippen LogP contribution in [0.25, 0.3) is 0 Å². The van der Waals surface area contributed by atoms with E-state index in [0.29, 0.717) is 12.0 Å². The van der Waals surface area contributed by atoms with E-state index in [1.165, 1.54) is 11.6 Å². The number of nitrogens with one attached hydrogen (secondary N) is 1. The first-order chi connectivity index (χ1) is 10.2. The first kappa shape index (κ1) is 16.1. The summed E-state index contributed by atoms with van der Waals surface area (Å²) in [6, 6.07) is 15.4. The maximum Gasteiger partial charge on any atom is 0.127 e. The van der Waals surface area contributed by atoms with Gasteiger partial charge in [0.2, 0.25) is 0 Å². The molecular formula is C17H20BrFN2. The highest BCUT2D eigenvalue weighted by Crippen LogP contribution is 2.26. The van der Waals surface area contributed by atoms with Gasteiger partial charge >= 0.3 is 0 Å². The van der Waals surface area contributed by atoms with Crippen molar-refractivity contribution in [2.45, 2.75) is 31.7 Å². The van der Waals surface area contributed by atoms with E-state index in [4.69, 9.17) is 5.84 Å². The highest BCUT2D eigenvalue weighted by Gasteiger charge is 2.22. The van der Waals surface area contributed by atoms with Gasteiger partial charge in [-0.2, -0.15) is 0 Å². The van der Waals surface area contributed by atoms with Crippen LogP contribution in [0.5, 0.6) is 0 Å². The second-order valence-corrected chi connectivity index (χ2v) is 6.05. The molecule has 2 atom stereocenters. The fourth-order valence-corrected chi connectivity index (χ4v) is 3.03. The predicted molar refractivity (Wildman–Crippen MR) is 88.4 cm³/mol. The lowest BCUT2D eigenvalue weighted by Gasteiger charge is -2.26. The second-order valence-electron chi connectivity index (χ2n) is 5.14. The maximum absolute atomic E-state index is 14.0. The van der Waals surface area contributed by atoms with Gasteiger partial charge in [0.1, 0.15) is 5.82 Å². The number of benzene rings is 2. The Labute approximate surface area is 133 Å². The average molecular weight is 351 g/mol. The summed E-state index contributed by atoms with van der Waals surface area (Å²) in [7, 11) is 0. The summed E-state index contributed by atoms with van der Waals surface area (Å²) in [6.07, 6.45) is 1.50. The first-order valence-corrected chi connectivity index (χ1v) is 7.90. The molecule has 0 aliphatic carbocycles. The van der Waals surface area contributed by atoms with Gasteiger partial charge in [0.15, 0.2) is 0 Å². The van der Waals surface area contributed by atoms with Gasteiger partial charge < -0.3 is 0 Å². The molecule has 0 spiro atoms. The number of hydrogen-bond acceptors (Lipinski definition) is 2. The van der Waals surface area contributed by atoms with Crippen LogP contribution >= 0.6 is 15.9 Å². The number of halogens is 2. The van der Waals surface area contributed by atoms with E-state index >= 15 is 0 Å². The van der Waals surface area contributed by atoms with E-state index in [0.717, 1.165) is 10.9 Å². The predicted octanol–water partition coefficient (Wildman–Crippen LogP) is 4.16. The van der Waals surface area contributed by atoms with E-state index < -0.39 is 0 Å². The van der Waals surface area contributed by atoms with Crippen LogP contribution in [0.3, 0.4) is 0 Å². The minimum atomic E-state index is -0.201. The minimum absolute atomic E-state index is 0.00641. The van der Waals surface area contributed by atoms with E-state index in [1.807, 2.05) is 30.3 Å². The zero-order valence-corrected chi connectivity index (χ0v) is 13.6. The zero-order chi connectivity index (χ0) is 15.2. The van der Waals surface area contributed by atoms with Gasteiger partial charge in [-0.25, -0.2) is 4.39 Å². The lowest BCUT2D eigenvalue weighted by atomic mass is 9.86. The number of rotatable bonds is 6. The molecule has 2 nitrogen and oxygen atoms in total. The minimum Gasteiger partial charge on any atom is -0.271 e. The smallest absolute Gasteiger partial charge is 0.127 e. The van der Waals surface area contributed by atoms with Gasteiger partial charge in [0.05, 0.1) is 0 Å². The molecule has 2 aromatic carbocycles. The first-order valence-electron chi connectivity index (χ1n) is 7.10. The zero-order valence-electron chi connectivity index (χ0n) is 12.0. The summed E-state index contributed by atoms with van der Waals surface area (Å²) in [5.41, 5.74) is 4.76. The summed E-state index contributed by atoms with van der Waals surface area (Å²) in [5.74, 6) is 5.78. The molecule has 2 aromatic rings. The van der Waals surface area contributed by atoms with Gasteiger partial charge in [-0.3, -0.25) is 11.3 Å². The largest absolute Gasteiger partial charge is 0.271 e. The van der Waals surface area contributed by atoms with Gasteiger partial charge in [-0.05, 0) is 36.1 Å². The molecule has 4 heteroatoms. The molecule has 0 saturated carbocycles. The Bertz CT molecular complexity index is 574. The molecule has 0 amide bonds. The molecule has 112 valence electrons. The normalized spacial score (nSPS) is 13.9. The van der Waals surface area contributed by atoms with E-state index in [-0.39, 0.29) is 17.8 Å². The molecule has 0 heterocycles. The van der Waals surface area contributed by atoms with Crippen molar-refractivity contribution in [3.63, 3.8) is 0 Å². The van der Waals surface area contributed by atoms with Crippen molar-refractivity contribution in [3.05, 3.63) is 69.9 Å². The Morgan fingerprint density at radius 2 is 1.90 bits per heavy atom. The fraction of sp³-hybridized carbons (Fsp3) is 0.294. The third-order valence-electron chi connectivity index (χ3n) is 3.82. The van der Waals surface area contributed by atoms with Crippen LogP contribution in [0.1, 0.15) is 30.4 Å². The molecular weight excluding hydrogens is 331 g/mol. The van der Waals surface area contributed by atoms with Crippen molar-refractivity contribution in [1.82, 2.24) is 5.43 Å². The molecule has 2 unspecified atom stereocenters. The van der Waals surface area contributed by atoms with Crippen LogP contribution in [0.4, 0.5) is 4.39 Å². The van der Waals surface area contributed by atoms with Crippen LogP contribution in [0.15, 0.2) is 53.0 Å². The summed E-state index contributed by atoms with van der Waals surface area (Å²) in [4.78, 5) is 0. The summed E-state index contributed by atoms with van der Waals surface area (Å²) in [6.45, 7) is 2.12. The van der Waals surface area contributed by atoms with Crippen molar-refractivity contribution in [3.8, 4) is 0 Å². The Kier molecular flexibility index (Phi) is 5.91. The summed E-state index contributed by atoms with van der Waals surface area (Å²) < 4.78 is 14.8. The van der Waals surface area contributed by atoms with Crippen LogP contribution in [0, 0.1) is 5.82 Å². The topological polar surface area (TPSA) is 38.0 Å². The standard InChI is InChI=1S/C17H20BrFN2/c1-2-15(12-6-4-3-5-7-12)17(21-20)10-13-8-9-14(18)11-16(13)19/h3-9,11,15,17,21H,2,10,20H2,1H3. The maximum atomic E-state index is 14.0. The summed E-state index contributed by atoms with van der Waals surface area (Å²) in [5, 5.41) is 0. The number of hydrazine groups is 1. The molecule has 3 N–H and O–H groups in total. The van der Waals surface area contributed by atoms with Crippen molar-refractivity contribution in [1.29, 1.82) is 0 Å². The molecule has 2 rings (SSSR count). The molecule has 0 saturated heterocycles. The fourth-order valence-electron chi connectivity index (χ4n) is 2.69. The third kappa shape index (κ3) is 4.13. The molecule has 0 fully saturated rings. The molecule has 0 radical (unpaired) electrons. The molecule has 0 aliphatic heterocycles. The summed E-state index contributed by atoms with van der Waals surface area (Å²) >= 11 is 3.28. The Hall–Kier alpha value is -1.23. The van der Waals surface area contributed by atoms with Gasteiger partial charge in [-0.1, -0.05) is 59.3 Å². The Balaban J connectivity index is 2.22. The van der Waals surface area contributed by atoms with Gasteiger partial charge in [0, 0.05) is 16.4 Å². The highest BCUT2D eigenvalue weighted by molar-refractivity contribution is 9.10. The molecule has 21 heavy (non-hydrogen) atoms. The van der Waals surface area contributed by atoms with E-state index in [1.54, 1.807) is 0 Å². The lowest BCUT2D eigenvalue weighted by molar-refractivity contribution is 0.421. The molecule has 0 aromatic heterocycles. The van der Waals surface area contributed by atoms with Crippen LogP contribution in [0.2, 0.25) is 0 Å². The highest BCUT2D eigenvalue weighted by atomic mass is 79.9. The Morgan fingerprint density at radius 1 is 1.19 bits per heavy atom. The van der Waals surface area contributed by atoms with Crippen molar-refractivity contribution in [2.24, 2.45) is 5.84 Å². The number of hydrogen-bond donors (Lipinski definition) is 2. The SMILES string of the molecule is CCC(c1ccccc1)C(Cc1ccc(Br)cc1F)NN. The van der Waals surface area contributed by atoms with Crippen LogP contribution in [-0.2, 0) is 6.42 Å². The van der Waals surface area contributed by atoms with Gasteiger partial charge in [-0.15, -0.1) is 0 Å². The quantitative estimate of drug-likeness (QED) is 0.606. The van der Waals surface area contributed by atoms with Crippen molar-refractivity contribution < 1.29 is 4.39 Å².